The average Bonchev–Trinajstić information content (AvgIpc) is 3.38. The Kier molecular flexibility index (Phi) is 7.59. The second-order valence-corrected chi connectivity index (χ2v) is 8.23. The van der Waals surface area contributed by atoms with E-state index in [4.69, 9.17) is 9.47 Å². The lowest BCUT2D eigenvalue weighted by molar-refractivity contribution is 0.0726. The van der Waals surface area contributed by atoms with Gasteiger partial charge in [0, 0.05) is 25.6 Å². The van der Waals surface area contributed by atoms with Crippen molar-refractivity contribution in [3.05, 3.63) is 68.3 Å². The summed E-state index contributed by atoms with van der Waals surface area (Å²) in [7, 11) is 1.67. The van der Waals surface area contributed by atoms with Crippen LogP contribution < -0.4 is 4.74 Å². The molecule has 1 amide bonds. The number of hydrogen-bond donors (Lipinski definition) is 0. The van der Waals surface area contributed by atoms with Crippen molar-refractivity contribution >= 4 is 28.6 Å². The highest BCUT2D eigenvalue weighted by Crippen LogP contribution is 2.20. The van der Waals surface area contributed by atoms with Crippen LogP contribution in [0.2, 0.25) is 0 Å². The standard InChI is InChI=1S/C21H24N2O3S2/c1-16-7-3-4-8-18(16)26-14-20-22-17(15-28-20)13-23(10-6-11-25-2)21(24)19-9-5-12-27-19/h3-5,7-9,12,15H,6,10-11,13-14H2,1-2H3. The Hall–Kier alpha value is -2.22. The Labute approximate surface area is 173 Å². The molecular weight excluding hydrogens is 392 g/mol. The van der Waals surface area contributed by atoms with E-state index in [1.807, 2.05) is 59.0 Å². The molecule has 3 aromatic rings. The predicted octanol–water partition coefficient (Wildman–Crippen LogP) is 4.77. The number of benzene rings is 1. The van der Waals surface area contributed by atoms with Crippen LogP contribution in [-0.4, -0.2) is 36.1 Å². The van der Waals surface area contributed by atoms with Crippen LogP contribution in [0.4, 0.5) is 0 Å². The minimum Gasteiger partial charge on any atom is -0.486 e. The van der Waals surface area contributed by atoms with Gasteiger partial charge in [0.2, 0.25) is 0 Å². The first-order valence-electron chi connectivity index (χ1n) is 9.11. The SMILES string of the molecule is COCCCN(Cc1csc(COc2ccccc2C)n1)C(=O)c1cccs1. The first-order valence-corrected chi connectivity index (χ1v) is 10.9. The molecule has 0 saturated carbocycles. The van der Waals surface area contributed by atoms with Crippen molar-refractivity contribution < 1.29 is 14.3 Å². The Balaban J connectivity index is 1.62. The number of aromatic nitrogens is 1. The Morgan fingerprint density at radius 1 is 1.18 bits per heavy atom. The largest absolute Gasteiger partial charge is 0.486 e. The molecule has 0 radical (unpaired) electrons. The van der Waals surface area contributed by atoms with Gasteiger partial charge >= 0.3 is 0 Å². The van der Waals surface area contributed by atoms with E-state index in [1.54, 1.807) is 18.4 Å². The highest BCUT2D eigenvalue weighted by Gasteiger charge is 2.18. The van der Waals surface area contributed by atoms with Crippen molar-refractivity contribution in [1.29, 1.82) is 0 Å². The number of amides is 1. The van der Waals surface area contributed by atoms with Crippen molar-refractivity contribution in [2.24, 2.45) is 0 Å². The van der Waals surface area contributed by atoms with E-state index >= 15 is 0 Å². The quantitative estimate of drug-likeness (QED) is 0.447. The zero-order valence-electron chi connectivity index (χ0n) is 16.1. The summed E-state index contributed by atoms with van der Waals surface area (Å²) >= 11 is 3.02. The van der Waals surface area contributed by atoms with Gasteiger partial charge in [-0.15, -0.1) is 22.7 Å². The molecule has 3 rings (SSSR count). The van der Waals surface area contributed by atoms with E-state index < -0.39 is 0 Å². The van der Waals surface area contributed by atoms with Gasteiger partial charge in [-0.1, -0.05) is 24.3 Å². The fraction of sp³-hybridized carbons (Fsp3) is 0.333. The van der Waals surface area contributed by atoms with Gasteiger partial charge in [0.1, 0.15) is 17.4 Å². The monoisotopic (exact) mass is 416 g/mol. The Bertz CT molecular complexity index is 877. The average molecular weight is 417 g/mol. The van der Waals surface area contributed by atoms with Crippen LogP contribution in [0.1, 0.15) is 32.4 Å². The molecule has 1 aromatic carbocycles. The van der Waals surface area contributed by atoms with Gasteiger partial charge < -0.3 is 14.4 Å². The molecular formula is C21H24N2O3S2. The van der Waals surface area contributed by atoms with Gasteiger partial charge in [-0.3, -0.25) is 4.79 Å². The van der Waals surface area contributed by atoms with Crippen LogP contribution >= 0.6 is 22.7 Å². The fourth-order valence-electron chi connectivity index (χ4n) is 2.75. The van der Waals surface area contributed by atoms with Crippen LogP contribution in [0.5, 0.6) is 5.75 Å². The highest BCUT2D eigenvalue weighted by atomic mass is 32.1. The molecule has 0 aliphatic heterocycles. The van der Waals surface area contributed by atoms with Gasteiger partial charge in [-0.25, -0.2) is 4.98 Å². The number of nitrogens with zero attached hydrogens (tertiary/aromatic N) is 2. The summed E-state index contributed by atoms with van der Waals surface area (Å²) in [5, 5.41) is 4.82. The summed E-state index contributed by atoms with van der Waals surface area (Å²) < 4.78 is 11.0. The minimum absolute atomic E-state index is 0.0387. The van der Waals surface area contributed by atoms with Crippen molar-refractivity contribution in [3.63, 3.8) is 0 Å². The molecule has 0 N–H and O–H groups in total. The van der Waals surface area contributed by atoms with Crippen LogP contribution in [0, 0.1) is 6.92 Å². The molecule has 7 heteroatoms. The van der Waals surface area contributed by atoms with Crippen LogP contribution in [0.3, 0.4) is 0 Å². The molecule has 0 bridgehead atoms. The lowest BCUT2D eigenvalue weighted by Crippen LogP contribution is -2.31. The van der Waals surface area contributed by atoms with Gasteiger partial charge in [-0.2, -0.15) is 0 Å². The van der Waals surface area contributed by atoms with Crippen molar-refractivity contribution in [3.8, 4) is 5.75 Å². The van der Waals surface area contributed by atoms with E-state index in [9.17, 15) is 4.79 Å². The molecule has 0 fully saturated rings. The zero-order chi connectivity index (χ0) is 19.8. The number of aryl methyl sites for hydroxylation is 1. The predicted molar refractivity (Wildman–Crippen MR) is 113 cm³/mol. The van der Waals surface area contributed by atoms with E-state index in [2.05, 4.69) is 4.98 Å². The lowest BCUT2D eigenvalue weighted by Gasteiger charge is -2.21. The molecule has 0 saturated heterocycles. The van der Waals surface area contributed by atoms with Gasteiger partial charge in [-0.05, 0) is 36.4 Å². The molecule has 0 unspecified atom stereocenters. The fourth-order valence-corrected chi connectivity index (χ4v) is 4.14. The van der Waals surface area contributed by atoms with E-state index in [0.29, 0.717) is 26.3 Å². The molecule has 0 aliphatic carbocycles. The number of carbonyl (C=O) groups is 1. The summed E-state index contributed by atoms with van der Waals surface area (Å²) in [5.41, 5.74) is 1.99. The summed E-state index contributed by atoms with van der Waals surface area (Å²) in [5.74, 6) is 0.908. The number of para-hydroxylation sites is 1. The zero-order valence-corrected chi connectivity index (χ0v) is 17.7. The molecule has 0 atom stereocenters. The second-order valence-electron chi connectivity index (χ2n) is 6.34. The molecule has 28 heavy (non-hydrogen) atoms. The number of rotatable bonds is 10. The number of thiophene rings is 1. The molecule has 0 spiro atoms. The third kappa shape index (κ3) is 5.64. The summed E-state index contributed by atoms with van der Waals surface area (Å²) in [6, 6.07) is 11.7. The first-order chi connectivity index (χ1) is 13.7. The van der Waals surface area contributed by atoms with Gasteiger partial charge in [0.05, 0.1) is 17.1 Å². The molecule has 0 aliphatic rings. The lowest BCUT2D eigenvalue weighted by atomic mass is 10.2. The van der Waals surface area contributed by atoms with Crippen LogP contribution in [0.25, 0.3) is 0 Å². The Morgan fingerprint density at radius 2 is 2.04 bits per heavy atom. The normalized spacial score (nSPS) is 10.8. The van der Waals surface area contributed by atoms with Crippen molar-refractivity contribution in [1.82, 2.24) is 9.88 Å². The number of thiazole rings is 1. The number of carbonyl (C=O) groups excluding carboxylic acids is 1. The van der Waals surface area contributed by atoms with E-state index in [-0.39, 0.29) is 5.91 Å². The molecule has 5 nitrogen and oxygen atoms in total. The number of hydrogen-bond acceptors (Lipinski definition) is 6. The van der Waals surface area contributed by atoms with Gasteiger partial charge in [0.25, 0.3) is 5.91 Å². The summed E-state index contributed by atoms with van der Waals surface area (Å²) in [6.45, 7) is 4.20. The highest BCUT2D eigenvalue weighted by molar-refractivity contribution is 7.12. The van der Waals surface area contributed by atoms with E-state index in [1.165, 1.54) is 11.3 Å². The second kappa shape index (κ2) is 10.4. The third-order valence-electron chi connectivity index (χ3n) is 4.19. The summed E-state index contributed by atoms with van der Waals surface area (Å²) in [6.07, 6.45) is 0.793. The molecule has 148 valence electrons. The smallest absolute Gasteiger partial charge is 0.264 e. The maximum absolute atomic E-state index is 12.8. The number of methoxy groups -OCH3 is 1. The van der Waals surface area contributed by atoms with Crippen LogP contribution in [-0.2, 0) is 17.9 Å². The van der Waals surface area contributed by atoms with Crippen molar-refractivity contribution in [2.45, 2.75) is 26.5 Å². The van der Waals surface area contributed by atoms with Crippen molar-refractivity contribution in [2.75, 3.05) is 20.3 Å². The van der Waals surface area contributed by atoms with Crippen LogP contribution in [0.15, 0.2) is 47.2 Å². The Morgan fingerprint density at radius 3 is 2.79 bits per heavy atom. The third-order valence-corrected chi connectivity index (χ3v) is 5.92. The maximum atomic E-state index is 12.8. The molecule has 2 aromatic heterocycles. The van der Waals surface area contributed by atoms with Gasteiger partial charge in [0.15, 0.2) is 0 Å². The number of ether oxygens (including phenoxy) is 2. The topological polar surface area (TPSA) is 51.7 Å². The first kappa shape index (κ1) is 20.5. The maximum Gasteiger partial charge on any atom is 0.264 e. The minimum atomic E-state index is 0.0387. The molecule has 2 heterocycles. The summed E-state index contributed by atoms with van der Waals surface area (Å²) in [4.78, 5) is 20.0. The van der Waals surface area contributed by atoms with E-state index in [0.717, 1.165) is 33.3 Å².